The highest BCUT2D eigenvalue weighted by Gasteiger charge is 2.25. The lowest BCUT2D eigenvalue weighted by Gasteiger charge is -2.13. The lowest BCUT2D eigenvalue weighted by Crippen LogP contribution is -2.23. The number of carboxylic acid groups (broad SMARTS) is 1. The van der Waals surface area contributed by atoms with Crippen LogP contribution in [0.3, 0.4) is 0 Å². The molecule has 0 aromatic heterocycles. The Morgan fingerprint density at radius 1 is 1.73 bits per heavy atom. The Labute approximate surface area is 69.8 Å². The van der Waals surface area contributed by atoms with Gasteiger partial charge in [0.2, 0.25) is 0 Å². The standard InChI is InChI=1S/C7H12O3S/c8-5(4-7(9)10)6-2-1-3-11-6/h5-6,8H,1-4H2,(H,9,10)/t5-,6?/m0/s1. The largest absolute Gasteiger partial charge is 0.481 e. The normalized spacial score (nSPS) is 26.8. The quantitative estimate of drug-likeness (QED) is 0.665. The van der Waals surface area contributed by atoms with Gasteiger partial charge in [-0.15, -0.1) is 0 Å². The van der Waals surface area contributed by atoms with Gasteiger partial charge in [0.05, 0.1) is 12.5 Å². The number of hydrogen-bond donors (Lipinski definition) is 2. The monoisotopic (exact) mass is 176 g/mol. The lowest BCUT2D eigenvalue weighted by molar-refractivity contribution is -0.139. The Hall–Kier alpha value is -0.220. The zero-order valence-corrected chi connectivity index (χ0v) is 7.01. The minimum absolute atomic E-state index is 0.113. The van der Waals surface area contributed by atoms with Crippen LogP contribution in [0.15, 0.2) is 0 Å². The molecule has 64 valence electrons. The summed E-state index contributed by atoms with van der Waals surface area (Å²) in [7, 11) is 0. The van der Waals surface area contributed by atoms with Crippen molar-refractivity contribution in [3.05, 3.63) is 0 Å². The first-order valence-electron chi connectivity index (χ1n) is 3.71. The molecule has 4 heteroatoms. The van der Waals surface area contributed by atoms with E-state index in [1.807, 2.05) is 0 Å². The molecule has 0 radical (unpaired) electrons. The number of aliphatic hydroxyl groups is 1. The van der Waals surface area contributed by atoms with E-state index in [9.17, 15) is 9.90 Å². The highest BCUT2D eigenvalue weighted by atomic mass is 32.2. The van der Waals surface area contributed by atoms with Crippen molar-refractivity contribution in [1.29, 1.82) is 0 Å². The lowest BCUT2D eigenvalue weighted by atomic mass is 10.1. The molecule has 0 spiro atoms. The van der Waals surface area contributed by atoms with Crippen LogP contribution >= 0.6 is 11.8 Å². The van der Waals surface area contributed by atoms with E-state index in [1.165, 1.54) is 0 Å². The molecule has 2 N–H and O–H groups in total. The average molecular weight is 176 g/mol. The van der Waals surface area contributed by atoms with E-state index in [-0.39, 0.29) is 11.7 Å². The van der Waals surface area contributed by atoms with E-state index in [1.54, 1.807) is 11.8 Å². The van der Waals surface area contributed by atoms with Gasteiger partial charge in [-0.2, -0.15) is 11.8 Å². The fourth-order valence-electron chi connectivity index (χ4n) is 1.22. The second-order valence-corrected chi connectivity index (χ2v) is 4.06. The Morgan fingerprint density at radius 2 is 2.45 bits per heavy atom. The molecule has 0 aromatic carbocycles. The average Bonchev–Trinajstić information content (AvgIpc) is 2.35. The number of thioether (sulfide) groups is 1. The second-order valence-electron chi connectivity index (χ2n) is 2.72. The first-order valence-corrected chi connectivity index (χ1v) is 4.76. The van der Waals surface area contributed by atoms with Crippen LogP contribution in [-0.4, -0.2) is 33.3 Å². The van der Waals surface area contributed by atoms with Crippen LogP contribution in [0.2, 0.25) is 0 Å². The van der Waals surface area contributed by atoms with Gasteiger partial charge < -0.3 is 10.2 Å². The molecular formula is C7H12O3S. The van der Waals surface area contributed by atoms with Crippen LogP contribution in [0.1, 0.15) is 19.3 Å². The van der Waals surface area contributed by atoms with E-state index < -0.39 is 12.1 Å². The summed E-state index contributed by atoms with van der Waals surface area (Å²) in [5, 5.41) is 17.9. The maximum absolute atomic E-state index is 10.2. The van der Waals surface area contributed by atoms with Crippen LogP contribution in [0.25, 0.3) is 0 Å². The number of carbonyl (C=O) groups is 1. The molecule has 0 aliphatic carbocycles. The molecule has 1 aliphatic heterocycles. The summed E-state index contributed by atoms with van der Waals surface area (Å²) in [4.78, 5) is 10.2. The van der Waals surface area contributed by atoms with Crippen LogP contribution in [0, 0.1) is 0 Å². The molecular weight excluding hydrogens is 164 g/mol. The van der Waals surface area contributed by atoms with Crippen LogP contribution in [0.5, 0.6) is 0 Å². The Kier molecular flexibility index (Phi) is 3.20. The van der Waals surface area contributed by atoms with Crippen LogP contribution < -0.4 is 0 Å². The van der Waals surface area contributed by atoms with Crippen molar-refractivity contribution < 1.29 is 15.0 Å². The van der Waals surface area contributed by atoms with Crippen molar-refractivity contribution in [3.8, 4) is 0 Å². The summed E-state index contributed by atoms with van der Waals surface area (Å²) >= 11 is 1.68. The highest BCUT2D eigenvalue weighted by Crippen LogP contribution is 2.29. The molecule has 1 saturated heterocycles. The molecule has 1 heterocycles. The number of rotatable bonds is 3. The third-order valence-corrected chi connectivity index (χ3v) is 3.28. The van der Waals surface area contributed by atoms with Crippen molar-refractivity contribution in [2.24, 2.45) is 0 Å². The van der Waals surface area contributed by atoms with Gasteiger partial charge >= 0.3 is 5.97 Å². The molecule has 0 bridgehead atoms. The molecule has 1 unspecified atom stereocenters. The fraction of sp³-hybridized carbons (Fsp3) is 0.857. The summed E-state index contributed by atoms with van der Waals surface area (Å²) in [6.07, 6.45) is 1.29. The van der Waals surface area contributed by atoms with Crippen molar-refractivity contribution >= 4 is 17.7 Å². The molecule has 1 aliphatic rings. The van der Waals surface area contributed by atoms with Gasteiger partial charge in [-0.3, -0.25) is 4.79 Å². The predicted molar refractivity (Wildman–Crippen MR) is 43.7 cm³/mol. The van der Waals surface area contributed by atoms with Gasteiger partial charge in [-0.1, -0.05) is 0 Å². The number of aliphatic hydroxyl groups excluding tert-OH is 1. The topological polar surface area (TPSA) is 57.5 Å². The van der Waals surface area contributed by atoms with Crippen molar-refractivity contribution in [2.45, 2.75) is 30.6 Å². The first-order chi connectivity index (χ1) is 5.20. The molecule has 1 fully saturated rings. The van der Waals surface area contributed by atoms with Crippen LogP contribution in [0.4, 0.5) is 0 Å². The minimum Gasteiger partial charge on any atom is -0.481 e. The Morgan fingerprint density at radius 3 is 2.91 bits per heavy atom. The molecule has 0 aromatic rings. The number of aliphatic carboxylic acids is 1. The van der Waals surface area contributed by atoms with Crippen molar-refractivity contribution in [2.75, 3.05) is 5.75 Å². The van der Waals surface area contributed by atoms with Gasteiger partial charge in [-0.25, -0.2) is 0 Å². The minimum atomic E-state index is -0.912. The molecule has 3 nitrogen and oxygen atoms in total. The van der Waals surface area contributed by atoms with Gasteiger partial charge in [-0.05, 0) is 18.6 Å². The molecule has 1 rings (SSSR count). The third-order valence-electron chi connectivity index (χ3n) is 1.78. The van der Waals surface area contributed by atoms with E-state index >= 15 is 0 Å². The van der Waals surface area contributed by atoms with Gasteiger partial charge in [0.25, 0.3) is 0 Å². The molecule has 0 saturated carbocycles. The number of hydrogen-bond acceptors (Lipinski definition) is 3. The van der Waals surface area contributed by atoms with Gasteiger partial charge in [0, 0.05) is 5.25 Å². The number of carboxylic acids is 1. The van der Waals surface area contributed by atoms with Crippen molar-refractivity contribution in [3.63, 3.8) is 0 Å². The van der Waals surface area contributed by atoms with Gasteiger partial charge in [0.15, 0.2) is 0 Å². The zero-order chi connectivity index (χ0) is 8.27. The smallest absolute Gasteiger partial charge is 0.306 e. The van der Waals surface area contributed by atoms with E-state index in [0.29, 0.717) is 0 Å². The summed E-state index contributed by atoms with van der Waals surface area (Å²) < 4.78 is 0. The van der Waals surface area contributed by atoms with E-state index in [0.717, 1.165) is 18.6 Å². The fourth-order valence-corrected chi connectivity index (χ4v) is 2.50. The predicted octanol–water partition coefficient (Wildman–Crippen LogP) is 0.718. The zero-order valence-electron chi connectivity index (χ0n) is 6.19. The maximum atomic E-state index is 10.2. The SMILES string of the molecule is O=C(O)C[C@H](O)C1CCCS1. The van der Waals surface area contributed by atoms with Crippen molar-refractivity contribution in [1.82, 2.24) is 0 Å². The molecule has 11 heavy (non-hydrogen) atoms. The second kappa shape index (κ2) is 3.97. The summed E-state index contributed by atoms with van der Waals surface area (Å²) in [5.74, 6) is 0.145. The van der Waals surface area contributed by atoms with E-state index in [4.69, 9.17) is 5.11 Å². The highest BCUT2D eigenvalue weighted by molar-refractivity contribution is 8.00. The van der Waals surface area contributed by atoms with Crippen LogP contribution in [-0.2, 0) is 4.79 Å². The summed E-state index contributed by atoms with van der Waals surface area (Å²) in [6, 6.07) is 0. The molecule has 2 atom stereocenters. The molecule has 0 amide bonds. The Bertz CT molecular complexity index is 143. The first kappa shape index (κ1) is 8.87. The third kappa shape index (κ3) is 2.71. The summed E-state index contributed by atoms with van der Waals surface area (Å²) in [6.45, 7) is 0. The van der Waals surface area contributed by atoms with E-state index in [2.05, 4.69) is 0 Å². The van der Waals surface area contributed by atoms with Gasteiger partial charge in [0.1, 0.15) is 0 Å². The summed E-state index contributed by atoms with van der Waals surface area (Å²) in [5.41, 5.74) is 0. The maximum Gasteiger partial charge on any atom is 0.306 e. The Balaban J connectivity index is 2.28.